The first-order valence-electron chi connectivity index (χ1n) is 7.11. The lowest BCUT2D eigenvalue weighted by molar-refractivity contribution is 1.35. The third-order valence-electron chi connectivity index (χ3n) is 3.64. The van der Waals surface area contributed by atoms with Crippen LogP contribution in [0.1, 0.15) is 5.56 Å². The molecule has 0 amide bonds. The number of benzene rings is 3. The maximum absolute atomic E-state index is 2.38. The molecule has 99 valence electrons. The van der Waals surface area contributed by atoms with Gasteiger partial charge < -0.3 is 0 Å². The molecule has 3 rings (SSSR count). The zero-order valence-corrected chi connectivity index (χ0v) is 13.1. The van der Waals surface area contributed by atoms with Crippen molar-refractivity contribution in [2.24, 2.45) is 0 Å². The minimum atomic E-state index is -0.269. The van der Waals surface area contributed by atoms with Crippen LogP contribution < -0.4 is 0 Å². The van der Waals surface area contributed by atoms with Gasteiger partial charge in [0.05, 0.1) is 0 Å². The van der Waals surface area contributed by atoms with Gasteiger partial charge in [0, 0.05) is 8.80 Å². The largest absolute Gasteiger partial charge is 0.0710 e. The Balaban J connectivity index is 2.21. The van der Waals surface area contributed by atoms with Crippen LogP contribution in [0.5, 0.6) is 0 Å². The summed E-state index contributed by atoms with van der Waals surface area (Å²) >= 11 is 0. The van der Waals surface area contributed by atoms with Crippen LogP contribution in [0, 0.1) is 0 Å². The molecule has 0 fully saturated rings. The Morgan fingerprint density at radius 3 is 2.20 bits per heavy atom. The van der Waals surface area contributed by atoms with Crippen molar-refractivity contribution < 1.29 is 0 Å². The summed E-state index contributed by atoms with van der Waals surface area (Å²) in [5.41, 5.74) is 4.25. The second-order valence-corrected chi connectivity index (χ2v) is 8.34. The van der Waals surface area contributed by atoms with Crippen LogP contribution in [0.15, 0.2) is 66.7 Å². The summed E-state index contributed by atoms with van der Waals surface area (Å²) in [6.07, 6.45) is 0. The number of fused-ring (bicyclic) bond motifs is 1. The standard InChI is InChI=1S/C19H19Si/c1-20(2)14-16-9-4-6-12-18(16)19-13-7-10-15-8-3-5-11-17(15)19/h3-13H,14H2,1-2H3. The van der Waals surface area contributed by atoms with Crippen molar-refractivity contribution in [3.63, 3.8) is 0 Å². The molecule has 1 radical (unpaired) electrons. The Hall–Kier alpha value is -1.86. The Bertz CT molecular complexity index is 723. The molecule has 0 N–H and O–H groups in total. The van der Waals surface area contributed by atoms with Crippen molar-refractivity contribution in [3.05, 3.63) is 72.3 Å². The normalized spacial score (nSPS) is 11.2. The van der Waals surface area contributed by atoms with Crippen molar-refractivity contribution in [3.8, 4) is 11.1 Å². The van der Waals surface area contributed by atoms with E-state index in [0.717, 1.165) is 0 Å². The fourth-order valence-electron chi connectivity index (χ4n) is 2.78. The molecule has 3 aromatic carbocycles. The maximum Gasteiger partial charge on any atom is 0.0460 e. The minimum Gasteiger partial charge on any atom is -0.0710 e. The lowest BCUT2D eigenvalue weighted by atomic mass is 9.95. The number of rotatable bonds is 3. The molecule has 0 aromatic heterocycles. The zero-order chi connectivity index (χ0) is 13.9. The first kappa shape index (κ1) is 13.1. The summed E-state index contributed by atoms with van der Waals surface area (Å²) in [4.78, 5) is 0. The first-order chi connectivity index (χ1) is 9.75. The van der Waals surface area contributed by atoms with E-state index in [1.807, 2.05) is 0 Å². The van der Waals surface area contributed by atoms with Crippen LogP contribution in [0.2, 0.25) is 13.1 Å². The van der Waals surface area contributed by atoms with Gasteiger partial charge >= 0.3 is 0 Å². The highest BCUT2D eigenvalue weighted by Gasteiger charge is 2.09. The van der Waals surface area contributed by atoms with Gasteiger partial charge in [-0.15, -0.1) is 0 Å². The van der Waals surface area contributed by atoms with E-state index in [-0.39, 0.29) is 8.80 Å². The molecule has 0 saturated carbocycles. The molecule has 0 nitrogen and oxygen atoms in total. The lowest BCUT2D eigenvalue weighted by Gasteiger charge is -2.13. The molecule has 0 spiro atoms. The summed E-state index contributed by atoms with van der Waals surface area (Å²) in [5, 5.41) is 2.67. The van der Waals surface area contributed by atoms with Crippen LogP contribution in [0.3, 0.4) is 0 Å². The van der Waals surface area contributed by atoms with Crippen LogP contribution in [-0.2, 0) is 6.04 Å². The summed E-state index contributed by atoms with van der Waals surface area (Å²) in [6.45, 7) is 4.76. The minimum absolute atomic E-state index is 0.269. The highest BCUT2D eigenvalue weighted by atomic mass is 28.3. The van der Waals surface area contributed by atoms with Crippen molar-refractivity contribution in [2.75, 3.05) is 0 Å². The second kappa shape index (κ2) is 5.64. The molecular formula is C19H19Si. The Labute approximate surface area is 122 Å². The van der Waals surface area contributed by atoms with E-state index in [4.69, 9.17) is 0 Å². The predicted molar refractivity (Wildman–Crippen MR) is 90.6 cm³/mol. The Morgan fingerprint density at radius 1 is 0.700 bits per heavy atom. The summed E-state index contributed by atoms with van der Waals surface area (Å²) in [6, 6.07) is 25.4. The number of hydrogen-bond acceptors (Lipinski definition) is 0. The Kier molecular flexibility index (Phi) is 3.70. The van der Waals surface area contributed by atoms with E-state index >= 15 is 0 Å². The van der Waals surface area contributed by atoms with Crippen molar-refractivity contribution in [1.82, 2.24) is 0 Å². The van der Waals surface area contributed by atoms with E-state index in [9.17, 15) is 0 Å². The average molecular weight is 275 g/mol. The molecule has 1 heteroatoms. The lowest BCUT2D eigenvalue weighted by Crippen LogP contribution is -2.06. The van der Waals surface area contributed by atoms with Crippen LogP contribution in [0.4, 0.5) is 0 Å². The third kappa shape index (κ3) is 2.54. The molecule has 20 heavy (non-hydrogen) atoms. The molecule has 0 atom stereocenters. The first-order valence-corrected chi connectivity index (χ1v) is 9.81. The zero-order valence-electron chi connectivity index (χ0n) is 12.1. The van der Waals surface area contributed by atoms with Crippen molar-refractivity contribution in [2.45, 2.75) is 19.1 Å². The third-order valence-corrected chi connectivity index (χ3v) is 4.73. The second-order valence-electron chi connectivity index (χ2n) is 5.57. The van der Waals surface area contributed by atoms with E-state index in [1.165, 1.54) is 33.5 Å². The summed E-state index contributed by atoms with van der Waals surface area (Å²) in [5.74, 6) is 0. The smallest absolute Gasteiger partial charge is 0.0460 e. The van der Waals surface area contributed by atoms with Crippen LogP contribution >= 0.6 is 0 Å². The van der Waals surface area contributed by atoms with Gasteiger partial charge in [-0.05, 0) is 33.5 Å². The van der Waals surface area contributed by atoms with Gasteiger partial charge in [-0.25, -0.2) is 0 Å². The molecule has 0 bridgehead atoms. The van der Waals surface area contributed by atoms with Gasteiger partial charge in [0.1, 0.15) is 0 Å². The SMILES string of the molecule is C[Si](C)Cc1ccccc1-c1cccc2ccccc12. The van der Waals surface area contributed by atoms with E-state index in [2.05, 4.69) is 79.8 Å². The van der Waals surface area contributed by atoms with E-state index in [0.29, 0.717) is 0 Å². The molecule has 3 aromatic rings. The molecule has 0 aliphatic rings. The molecular weight excluding hydrogens is 256 g/mol. The topological polar surface area (TPSA) is 0 Å². The van der Waals surface area contributed by atoms with Crippen LogP contribution in [0.25, 0.3) is 21.9 Å². The maximum atomic E-state index is 2.38. The van der Waals surface area contributed by atoms with Crippen molar-refractivity contribution >= 4 is 19.6 Å². The molecule has 0 aliphatic heterocycles. The predicted octanol–water partition coefficient (Wildman–Crippen LogP) is 5.34. The molecule has 0 unspecified atom stereocenters. The quantitative estimate of drug-likeness (QED) is 0.566. The Morgan fingerprint density at radius 2 is 1.35 bits per heavy atom. The van der Waals surface area contributed by atoms with E-state index in [1.54, 1.807) is 0 Å². The molecule has 0 heterocycles. The van der Waals surface area contributed by atoms with Crippen LogP contribution in [-0.4, -0.2) is 8.80 Å². The van der Waals surface area contributed by atoms with Gasteiger partial charge in [0.25, 0.3) is 0 Å². The van der Waals surface area contributed by atoms with Gasteiger partial charge in [0.15, 0.2) is 0 Å². The van der Waals surface area contributed by atoms with Crippen molar-refractivity contribution in [1.29, 1.82) is 0 Å². The molecule has 0 saturated heterocycles. The van der Waals surface area contributed by atoms with E-state index < -0.39 is 0 Å². The fourth-order valence-corrected chi connectivity index (χ4v) is 3.85. The van der Waals surface area contributed by atoms with Gasteiger partial charge in [-0.2, -0.15) is 0 Å². The highest BCUT2D eigenvalue weighted by Crippen LogP contribution is 2.31. The average Bonchev–Trinajstić information content (AvgIpc) is 2.47. The number of hydrogen-bond donors (Lipinski definition) is 0. The highest BCUT2D eigenvalue weighted by molar-refractivity contribution is 6.55. The molecule has 0 aliphatic carbocycles. The summed E-state index contributed by atoms with van der Waals surface area (Å²) < 4.78 is 0. The van der Waals surface area contributed by atoms with Gasteiger partial charge in [-0.3, -0.25) is 0 Å². The fraction of sp³-hybridized carbons (Fsp3) is 0.158. The van der Waals surface area contributed by atoms with Gasteiger partial charge in [-0.1, -0.05) is 79.8 Å². The monoisotopic (exact) mass is 275 g/mol. The summed E-state index contributed by atoms with van der Waals surface area (Å²) in [7, 11) is -0.269. The van der Waals surface area contributed by atoms with Gasteiger partial charge in [0.2, 0.25) is 0 Å².